The van der Waals surface area contributed by atoms with Crippen molar-refractivity contribution in [2.75, 3.05) is 39.6 Å². The molecule has 0 radical (unpaired) electrons. The third-order valence-corrected chi connectivity index (χ3v) is 21.1. The number of rotatable bonds is 79. The maximum absolute atomic E-state index is 13.1. The van der Waals surface area contributed by atoms with E-state index in [1.54, 1.807) is 0 Å². The van der Waals surface area contributed by atoms with E-state index in [0.29, 0.717) is 25.7 Å². The highest BCUT2D eigenvalue weighted by Gasteiger charge is 2.30. The molecule has 17 nitrogen and oxygen atoms in total. The second-order valence-corrected chi connectivity index (χ2v) is 33.3. The Balaban J connectivity index is 5.21. The van der Waals surface area contributed by atoms with E-state index in [-0.39, 0.29) is 25.7 Å². The van der Waals surface area contributed by atoms with Crippen molar-refractivity contribution in [3.8, 4) is 0 Å². The Labute approximate surface area is 613 Å². The molecular formula is C81H158O17P2. The molecule has 100 heavy (non-hydrogen) atoms. The van der Waals surface area contributed by atoms with Gasteiger partial charge >= 0.3 is 39.5 Å². The number of unbranched alkanes of at least 4 members (excludes halogenated alkanes) is 46. The number of aliphatic hydroxyl groups excluding tert-OH is 1. The summed E-state index contributed by atoms with van der Waals surface area (Å²) >= 11 is 0. The van der Waals surface area contributed by atoms with E-state index >= 15 is 0 Å². The number of aliphatic hydroxyl groups is 1. The summed E-state index contributed by atoms with van der Waals surface area (Å²) in [6, 6.07) is 0. The van der Waals surface area contributed by atoms with E-state index < -0.39 is 97.5 Å². The van der Waals surface area contributed by atoms with Gasteiger partial charge in [0.25, 0.3) is 0 Å². The SMILES string of the molecule is CCCCCCCCCCCCCCC(=O)O[C@H](COC(=O)CCCCCCCCCCC(C)C)COP(=O)(O)OC[C@H](O)COP(=O)(O)OC[C@@H](COC(=O)CCCCCCCCCCCCCCC(C)C)OC(=O)CCCCCCCCCCCCCCCCCCCCC(C)CC. The molecule has 19 heteroatoms. The normalized spacial score (nSPS) is 14.2. The lowest BCUT2D eigenvalue weighted by molar-refractivity contribution is -0.161. The monoisotopic (exact) mass is 1470 g/mol. The van der Waals surface area contributed by atoms with Crippen LogP contribution >= 0.6 is 15.6 Å². The summed E-state index contributed by atoms with van der Waals surface area (Å²) in [5, 5.41) is 10.6. The third kappa shape index (κ3) is 73.0. The van der Waals surface area contributed by atoms with Gasteiger partial charge in [0.05, 0.1) is 26.4 Å². The predicted molar refractivity (Wildman–Crippen MR) is 409 cm³/mol. The molecule has 3 unspecified atom stereocenters. The molecule has 0 bridgehead atoms. The van der Waals surface area contributed by atoms with Gasteiger partial charge in [-0.05, 0) is 43.4 Å². The molecule has 0 aliphatic rings. The topological polar surface area (TPSA) is 237 Å². The number of phosphoric ester groups is 2. The van der Waals surface area contributed by atoms with Crippen molar-refractivity contribution < 1.29 is 80.2 Å². The molecule has 594 valence electrons. The Hall–Kier alpha value is -1.94. The lowest BCUT2D eigenvalue weighted by atomic mass is 9.99. The molecule has 0 saturated carbocycles. The van der Waals surface area contributed by atoms with E-state index in [9.17, 15) is 43.2 Å². The molecule has 0 aromatic carbocycles. The minimum absolute atomic E-state index is 0.107. The summed E-state index contributed by atoms with van der Waals surface area (Å²) in [7, 11) is -9.92. The summed E-state index contributed by atoms with van der Waals surface area (Å²) in [6.07, 6.45) is 59.6. The van der Waals surface area contributed by atoms with Gasteiger partial charge in [0.2, 0.25) is 0 Å². The van der Waals surface area contributed by atoms with Crippen LogP contribution in [0.3, 0.4) is 0 Å². The predicted octanol–water partition coefficient (Wildman–Crippen LogP) is 24.1. The number of hydrogen-bond acceptors (Lipinski definition) is 15. The first-order valence-electron chi connectivity index (χ1n) is 41.9. The van der Waals surface area contributed by atoms with Crippen molar-refractivity contribution in [3.63, 3.8) is 0 Å². The maximum atomic E-state index is 13.1. The van der Waals surface area contributed by atoms with E-state index in [1.165, 1.54) is 231 Å². The van der Waals surface area contributed by atoms with Crippen molar-refractivity contribution in [1.82, 2.24) is 0 Å². The van der Waals surface area contributed by atoms with Gasteiger partial charge in [-0.25, -0.2) is 9.13 Å². The minimum atomic E-state index is -4.96. The summed E-state index contributed by atoms with van der Waals surface area (Å²) in [6.45, 7) is 12.0. The quantitative estimate of drug-likeness (QED) is 0.0222. The van der Waals surface area contributed by atoms with Crippen LogP contribution in [0.4, 0.5) is 0 Å². The standard InChI is InChI=1S/C81H158O17P2/c1-8-10-11-12-13-14-15-28-34-43-50-57-64-80(85)98-77(69-92-79(84)63-56-49-42-37-36-39-46-53-60-73(5)6)71-96-100(89,90)94-67-75(82)66-93-99(87,88)95-70-76(68-91-78(83)62-55-48-41-33-29-25-24-26-31-38-45-52-59-72(3)4)97-81(86)65-58-51-44-35-30-23-21-19-17-16-18-20-22-27-32-40-47-54-61-74(7)9-2/h72-77,82H,8-71H2,1-7H3,(H,87,88)(H,89,90)/t74?,75-,76-,77-/m1/s1. The van der Waals surface area contributed by atoms with Crippen LogP contribution in [-0.2, 0) is 65.4 Å². The van der Waals surface area contributed by atoms with Crippen LogP contribution in [0.5, 0.6) is 0 Å². The number of phosphoric acid groups is 2. The second-order valence-electron chi connectivity index (χ2n) is 30.4. The third-order valence-electron chi connectivity index (χ3n) is 19.2. The van der Waals surface area contributed by atoms with Crippen LogP contribution in [0.1, 0.15) is 421 Å². The zero-order chi connectivity index (χ0) is 73.7. The lowest BCUT2D eigenvalue weighted by Crippen LogP contribution is -2.30. The van der Waals surface area contributed by atoms with Crippen molar-refractivity contribution >= 4 is 39.5 Å². The van der Waals surface area contributed by atoms with Gasteiger partial charge in [0.1, 0.15) is 19.3 Å². The highest BCUT2D eigenvalue weighted by atomic mass is 31.2. The van der Waals surface area contributed by atoms with E-state index in [4.69, 9.17) is 37.0 Å². The Morgan fingerprint density at radius 3 is 0.760 bits per heavy atom. The molecule has 0 aromatic rings. The van der Waals surface area contributed by atoms with Gasteiger partial charge < -0.3 is 33.8 Å². The van der Waals surface area contributed by atoms with Crippen molar-refractivity contribution in [1.29, 1.82) is 0 Å². The fourth-order valence-corrected chi connectivity index (χ4v) is 14.0. The first-order valence-corrected chi connectivity index (χ1v) is 44.9. The molecule has 0 aliphatic heterocycles. The molecule has 0 amide bonds. The number of hydrogen-bond donors (Lipinski definition) is 3. The fourth-order valence-electron chi connectivity index (χ4n) is 12.5. The first-order chi connectivity index (χ1) is 48.3. The molecule has 0 heterocycles. The van der Waals surface area contributed by atoms with Crippen LogP contribution < -0.4 is 0 Å². The highest BCUT2D eigenvalue weighted by Crippen LogP contribution is 2.45. The number of esters is 4. The molecule has 0 rings (SSSR count). The van der Waals surface area contributed by atoms with Crippen LogP contribution in [0.15, 0.2) is 0 Å². The molecule has 0 aliphatic carbocycles. The van der Waals surface area contributed by atoms with Crippen LogP contribution in [0.25, 0.3) is 0 Å². The maximum Gasteiger partial charge on any atom is 0.472 e. The summed E-state index contributed by atoms with van der Waals surface area (Å²) in [5.41, 5.74) is 0. The molecule has 0 spiro atoms. The van der Waals surface area contributed by atoms with Crippen LogP contribution in [0.2, 0.25) is 0 Å². The molecule has 6 atom stereocenters. The summed E-state index contributed by atoms with van der Waals surface area (Å²) < 4.78 is 68.7. The van der Waals surface area contributed by atoms with Crippen LogP contribution in [0, 0.1) is 17.8 Å². The van der Waals surface area contributed by atoms with Gasteiger partial charge in [-0.1, -0.05) is 370 Å². The van der Waals surface area contributed by atoms with Crippen molar-refractivity contribution in [2.24, 2.45) is 17.8 Å². The van der Waals surface area contributed by atoms with E-state index in [0.717, 1.165) is 108 Å². The Morgan fingerprint density at radius 2 is 0.510 bits per heavy atom. The highest BCUT2D eigenvalue weighted by molar-refractivity contribution is 7.47. The largest absolute Gasteiger partial charge is 0.472 e. The fraction of sp³-hybridized carbons (Fsp3) is 0.951. The smallest absolute Gasteiger partial charge is 0.462 e. The van der Waals surface area contributed by atoms with Gasteiger partial charge in [0, 0.05) is 25.7 Å². The van der Waals surface area contributed by atoms with Gasteiger partial charge in [-0.2, -0.15) is 0 Å². The number of carbonyl (C=O) groups is 4. The Morgan fingerprint density at radius 1 is 0.290 bits per heavy atom. The summed E-state index contributed by atoms with van der Waals surface area (Å²) in [4.78, 5) is 73.0. The first kappa shape index (κ1) is 98.1. The van der Waals surface area contributed by atoms with Gasteiger partial charge in [-0.15, -0.1) is 0 Å². The second kappa shape index (κ2) is 71.3. The lowest BCUT2D eigenvalue weighted by Gasteiger charge is -2.21. The zero-order valence-corrected chi connectivity index (χ0v) is 67.5. The van der Waals surface area contributed by atoms with E-state index in [1.807, 2.05) is 0 Å². The molecular weight excluding hydrogens is 1310 g/mol. The molecule has 0 saturated heterocycles. The van der Waals surface area contributed by atoms with Crippen molar-refractivity contribution in [2.45, 2.75) is 439 Å². The van der Waals surface area contributed by atoms with Crippen molar-refractivity contribution in [3.05, 3.63) is 0 Å². The molecule has 3 N–H and O–H groups in total. The van der Waals surface area contributed by atoms with Gasteiger partial charge in [-0.3, -0.25) is 37.3 Å². The van der Waals surface area contributed by atoms with Gasteiger partial charge in [0.15, 0.2) is 12.2 Å². The molecule has 0 fully saturated rings. The average Bonchev–Trinajstić information content (AvgIpc) is 1.13. The van der Waals surface area contributed by atoms with E-state index in [2.05, 4.69) is 48.5 Å². The number of carbonyl (C=O) groups excluding carboxylic acids is 4. The minimum Gasteiger partial charge on any atom is -0.462 e. The summed E-state index contributed by atoms with van der Waals surface area (Å²) in [5.74, 6) is 0.268. The Bertz CT molecular complexity index is 1940. The molecule has 0 aromatic heterocycles. The van der Waals surface area contributed by atoms with Crippen LogP contribution in [-0.4, -0.2) is 96.7 Å². The zero-order valence-electron chi connectivity index (χ0n) is 65.7. The Kier molecular flexibility index (Phi) is 69.9. The number of ether oxygens (including phenoxy) is 4. The average molecular weight is 1470 g/mol.